The maximum Gasteiger partial charge on any atom is 0.275 e. The molecule has 2 amide bonds. The summed E-state index contributed by atoms with van der Waals surface area (Å²) in [6, 6.07) is 9.34. The summed E-state index contributed by atoms with van der Waals surface area (Å²) >= 11 is 0. The summed E-state index contributed by atoms with van der Waals surface area (Å²) in [7, 11) is 1.80. The number of imidazole rings is 1. The highest BCUT2D eigenvalue weighted by atomic mass is 16.2. The summed E-state index contributed by atoms with van der Waals surface area (Å²) < 4.78 is 0. The summed E-state index contributed by atoms with van der Waals surface area (Å²) in [6.45, 7) is 5.05. The highest BCUT2D eigenvalue weighted by Crippen LogP contribution is 2.22. The van der Waals surface area contributed by atoms with Gasteiger partial charge in [0.1, 0.15) is 17.6 Å². The molecule has 0 saturated carbocycles. The van der Waals surface area contributed by atoms with Crippen LogP contribution >= 0.6 is 0 Å². The van der Waals surface area contributed by atoms with Gasteiger partial charge in [-0.1, -0.05) is 50.1 Å². The molecule has 0 aliphatic carbocycles. The molecule has 0 spiro atoms. The fourth-order valence-electron chi connectivity index (χ4n) is 3.37. The SMILES string of the molecule is CCCCC1C(=O)N(C)CCN1C(=O)c1nc(-c2ccccc2)[nH]c1C. The summed E-state index contributed by atoms with van der Waals surface area (Å²) in [5.41, 5.74) is 2.07. The number of hydrogen-bond donors (Lipinski definition) is 1. The second kappa shape index (κ2) is 7.72. The predicted molar refractivity (Wildman–Crippen MR) is 101 cm³/mol. The summed E-state index contributed by atoms with van der Waals surface area (Å²) in [5.74, 6) is 0.537. The third-order valence-electron chi connectivity index (χ3n) is 4.94. The number of piperazine rings is 1. The Labute approximate surface area is 154 Å². The smallest absolute Gasteiger partial charge is 0.275 e. The van der Waals surface area contributed by atoms with Gasteiger partial charge in [-0.3, -0.25) is 9.59 Å². The number of carbonyl (C=O) groups is 2. The van der Waals surface area contributed by atoms with Crippen molar-refractivity contribution in [2.24, 2.45) is 0 Å². The number of H-pyrrole nitrogens is 1. The quantitative estimate of drug-likeness (QED) is 0.898. The Morgan fingerprint density at radius 3 is 2.69 bits per heavy atom. The number of carbonyl (C=O) groups excluding carboxylic acids is 2. The molecule has 0 radical (unpaired) electrons. The largest absolute Gasteiger partial charge is 0.342 e. The second-order valence-electron chi connectivity index (χ2n) is 6.84. The van der Waals surface area contributed by atoms with Crippen LogP contribution in [0.2, 0.25) is 0 Å². The molecule has 26 heavy (non-hydrogen) atoms. The van der Waals surface area contributed by atoms with Crippen molar-refractivity contribution in [2.45, 2.75) is 39.2 Å². The zero-order chi connectivity index (χ0) is 18.7. The van der Waals surface area contributed by atoms with Crippen LogP contribution in [0.4, 0.5) is 0 Å². The average Bonchev–Trinajstić information content (AvgIpc) is 3.05. The molecule has 1 aromatic carbocycles. The Balaban J connectivity index is 1.87. The number of nitrogens with zero attached hydrogens (tertiary/aromatic N) is 3. The lowest BCUT2D eigenvalue weighted by molar-refractivity contribution is -0.138. The fraction of sp³-hybridized carbons (Fsp3) is 0.450. The van der Waals surface area contributed by atoms with Crippen LogP contribution in [0.25, 0.3) is 11.4 Å². The van der Waals surface area contributed by atoms with Crippen LogP contribution in [0.5, 0.6) is 0 Å². The number of aromatic amines is 1. The van der Waals surface area contributed by atoms with Gasteiger partial charge in [0, 0.05) is 31.4 Å². The molecule has 2 aromatic rings. The number of rotatable bonds is 5. The van der Waals surface area contributed by atoms with Gasteiger partial charge < -0.3 is 14.8 Å². The second-order valence-corrected chi connectivity index (χ2v) is 6.84. The molecule has 1 fully saturated rings. The van der Waals surface area contributed by atoms with Crippen molar-refractivity contribution in [3.05, 3.63) is 41.7 Å². The van der Waals surface area contributed by atoms with Gasteiger partial charge in [-0.15, -0.1) is 0 Å². The van der Waals surface area contributed by atoms with Crippen LogP contribution in [0.15, 0.2) is 30.3 Å². The van der Waals surface area contributed by atoms with Gasteiger partial charge in [0.25, 0.3) is 5.91 Å². The minimum absolute atomic E-state index is 0.0227. The zero-order valence-corrected chi connectivity index (χ0v) is 15.7. The van der Waals surface area contributed by atoms with E-state index in [0.717, 1.165) is 24.1 Å². The molecule has 0 bridgehead atoms. The third-order valence-corrected chi connectivity index (χ3v) is 4.94. The predicted octanol–water partition coefficient (Wildman–Crippen LogP) is 2.86. The van der Waals surface area contributed by atoms with E-state index in [9.17, 15) is 9.59 Å². The molecule has 1 aliphatic rings. The van der Waals surface area contributed by atoms with Crippen LogP contribution in [-0.2, 0) is 4.79 Å². The van der Waals surface area contributed by atoms with E-state index in [4.69, 9.17) is 0 Å². The van der Waals surface area contributed by atoms with Crippen molar-refractivity contribution in [3.8, 4) is 11.4 Å². The molecule has 6 nitrogen and oxygen atoms in total. The fourth-order valence-corrected chi connectivity index (χ4v) is 3.37. The molecule has 1 unspecified atom stereocenters. The molecule has 1 N–H and O–H groups in total. The van der Waals surface area contributed by atoms with Crippen LogP contribution in [-0.4, -0.2) is 57.8 Å². The van der Waals surface area contributed by atoms with E-state index < -0.39 is 6.04 Å². The molecule has 1 aromatic heterocycles. The molecule has 2 heterocycles. The first-order chi connectivity index (χ1) is 12.5. The van der Waals surface area contributed by atoms with Crippen LogP contribution in [0, 0.1) is 6.92 Å². The van der Waals surface area contributed by atoms with Gasteiger partial charge >= 0.3 is 0 Å². The highest BCUT2D eigenvalue weighted by molar-refractivity contribution is 5.98. The maximum atomic E-state index is 13.2. The summed E-state index contributed by atoms with van der Waals surface area (Å²) in [5, 5.41) is 0. The molecule has 1 atom stereocenters. The van der Waals surface area contributed by atoms with Gasteiger partial charge in [-0.2, -0.15) is 0 Å². The monoisotopic (exact) mass is 354 g/mol. The van der Waals surface area contributed by atoms with Crippen molar-refractivity contribution in [2.75, 3.05) is 20.1 Å². The first-order valence-electron chi connectivity index (χ1n) is 9.21. The minimum Gasteiger partial charge on any atom is -0.342 e. The van der Waals surface area contributed by atoms with Gasteiger partial charge in [0.05, 0.1) is 0 Å². The van der Waals surface area contributed by atoms with E-state index in [-0.39, 0.29) is 11.8 Å². The van der Waals surface area contributed by atoms with E-state index in [1.54, 1.807) is 16.8 Å². The van der Waals surface area contributed by atoms with Gasteiger partial charge in [-0.25, -0.2) is 4.98 Å². The van der Waals surface area contributed by atoms with Gasteiger partial charge in [-0.05, 0) is 13.3 Å². The number of amides is 2. The summed E-state index contributed by atoms with van der Waals surface area (Å²) in [6.07, 6.45) is 2.61. The normalized spacial score (nSPS) is 17.7. The Morgan fingerprint density at radius 2 is 2.00 bits per heavy atom. The number of benzene rings is 1. The van der Waals surface area contributed by atoms with E-state index >= 15 is 0 Å². The molecular weight excluding hydrogens is 328 g/mol. The number of nitrogens with one attached hydrogen (secondary N) is 1. The Morgan fingerprint density at radius 1 is 1.27 bits per heavy atom. The maximum absolute atomic E-state index is 13.2. The van der Waals surface area contributed by atoms with Crippen molar-refractivity contribution >= 4 is 11.8 Å². The lowest BCUT2D eigenvalue weighted by Crippen LogP contribution is -2.57. The van der Waals surface area contributed by atoms with Crippen molar-refractivity contribution in [3.63, 3.8) is 0 Å². The van der Waals surface area contributed by atoms with Crippen LogP contribution < -0.4 is 0 Å². The first kappa shape index (κ1) is 18.2. The van der Waals surface area contributed by atoms with Crippen LogP contribution in [0.1, 0.15) is 42.4 Å². The summed E-state index contributed by atoms with van der Waals surface area (Å²) in [4.78, 5) is 36.9. The standard InChI is InChI=1S/C20H26N4O2/c1-4-5-11-16-19(25)23(3)12-13-24(16)20(26)17-14(2)21-18(22-17)15-9-7-6-8-10-15/h6-10,16H,4-5,11-13H2,1-3H3,(H,21,22). The number of unbranched alkanes of at least 4 members (excludes halogenated alkanes) is 1. The third kappa shape index (κ3) is 3.49. The van der Waals surface area contributed by atoms with Crippen molar-refractivity contribution < 1.29 is 9.59 Å². The Hall–Kier alpha value is -2.63. The highest BCUT2D eigenvalue weighted by Gasteiger charge is 2.37. The van der Waals surface area contributed by atoms with E-state index in [1.807, 2.05) is 37.3 Å². The molecule has 3 rings (SSSR count). The molecular formula is C20H26N4O2. The molecule has 1 saturated heterocycles. The lowest BCUT2D eigenvalue weighted by atomic mass is 10.0. The molecule has 6 heteroatoms. The Bertz CT molecular complexity index is 784. The van der Waals surface area contributed by atoms with E-state index in [0.29, 0.717) is 31.0 Å². The van der Waals surface area contributed by atoms with Gasteiger partial charge in [0.15, 0.2) is 0 Å². The molecule has 138 valence electrons. The lowest BCUT2D eigenvalue weighted by Gasteiger charge is -2.39. The van der Waals surface area contributed by atoms with Crippen LogP contribution in [0.3, 0.4) is 0 Å². The first-order valence-corrected chi connectivity index (χ1v) is 9.21. The Kier molecular flexibility index (Phi) is 5.40. The van der Waals surface area contributed by atoms with E-state index in [1.165, 1.54) is 0 Å². The number of aromatic nitrogens is 2. The number of hydrogen-bond acceptors (Lipinski definition) is 3. The number of likely N-dealkylation sites (N-methyl/N-ethyl adjacent to an activating group) is 1. The van der Waals surface area contributed by atoms with Gasteiger partial charge in [0.2, 0.25) is 5.91 Å². The van der Waals surface area contributed by atoms with E-state index in [2.05, 4.69) is 16.9 Å². The van der Waals surface area contributed by atoms with Crippen molar-refractivity contribution in [1.29, 1.82) is 0 Å². The zero-order valence-electron chi connectivity index (χ0n) is 15.7. The topological polar surface area (TPSA) is 69.3 Å². The van der Waals surface area contributed by atoms with Crippen molar-refractivity contribution in [1.82, 2.24) is 19.8 Å². The minimum atomic E-state index is -0.391. The number of aryl methyl sites for hydroxylation is 1. The average molecular weight is 354 g/mol. The molecule has 1 aliphatic heterocycles.